The summed E-state index contributed by atoms with van der Waals surface area (Å²) in [5.74, 6) is 0.712. The molecule has 1 aromatic rings. The molecule has 0 saturated heterocycles. The first kappa shape index (κ1) is 16.5. The molecule has 1 amide bonds. The van der Waals surface area contributed by atoms with Crippen molar-refractivity contribution in [2.24, 2.45) is 0 Å². The van der Waals surface area contributed by atoms with E-state index in [1.54, 1.807) is 18.1 Å². The van der Waals surface area contributed by atoms with Crippen molar-refractivity contribution < 1.29 is 9.53 Å². The average molecular weight is 393 g/mol. The van der Waals surface area contributed by atoms with Crippen molar-refractivity contribution in [3.05, 3.63) is 28.2 Å². The summed E-state index contributed by atoms with van der Waals surface area (Å²) in [5.41, 5.74) is 0.641. The molecule has 106 valence electrons. The molecule has 0 unspecified atom stereocenters. The molecule has 3 nitrogen and oxygen atoms in total. The summed E-state index contributed by atoms with van der Waals surface area (Å²) in [6, 6.07) is 5.43. The van der Waals surface area contributed by atoms with E-state index in [-0.39, 0.29) is 5.91 Å². The van der Waals surface area contributed by atoms with Crippen molar-refractivity contribution in [1.82, 2.24) is 4.90 Å². The quantitative estimate of drug-likeness (QED) is 0.516. The van der Waals surface area contributed by atoms with Crippen LogP contribution in [0.1, 0.15) is 29.6 Å². The van der Waals surface area contributed by atoms with Gasteiger partial charge in [-0.2, -0.15) is 0 Å². The van der Waals surface area contributed by atoms with Crippen LogP contribution in [0.25, 0.3) is 0 Å². The van der Waals surface area contributed by atoms with Crippen molar-refractivity contribution in [1.29, 1.82) is 0 Å². The zero-order valence-electron chi connectivity index (χ0n) is 11.3. The first-order valence-corrected chi connectivity index (χ1v) is 8.16. The van der Waals surface area contributed by atoms with Crippen molar-refractivity contribution in [3.8, 4) is 5.75 Å². The largest absolute Gasteiger partial charge is 0.497 e. The van der Waals surface area contributed by atoms with Crippen molar-refractivity contribution >= 4 is 37.8 Å². The molecule has 0 N–H and O–H groups in total. The van der Waals surface area contributed by atoms with E-state index in [2.05, 4.69) is 31.9 Å². The summed E-state index contributed by atoms with van der Waals surface area (Å²) in [4.78, 5) is 14.1. The molecule has 0 fully saturated rings. The molecule has 5 heteroatoms. The minimum absolute atomic E-state index is 0.0182. The predicted molar refractivity (Wildman–Crippen MR) is 85.3 cm³/mol. The van der Waals surface area contributed by atoms with Crippen molar-refractivity contribution in [2.45, 2.75) is 19.3 Å². The fourth-order valence-corrected chi connectivity index (χ4v) is 2.54. The van der Waals surface area contributed by atoms with Crippen molar-refractivity contribution in [3.63, 3.8) is 0 Å². The highest BCUT2D eigenvalue weighted by Crippen LogP contribution is 2.23. The van der Waals surface area contributed by atoms with Crippen LogP contribution in [0, 0.1) is 0 Å². The lowest BCUT2D eigenvalue weighted by atomic mass is 10.1. The van der Waals surface area contributed by atoms with Gasteiger partial charge in [-0.25, -0.2) is 0 Å². The van der Waals surface area contributed by atoms with E-state index in [9.17, 15) is 4.79 Å². The molecule has 0 aromatic heterocycles. The summed E-state index contributed by atoms with van der Waals surface area (Å²) < 4.78 is 5.95. The maximum Gasteiger partial charge on any atom is 0.254 e. The normalized spacial score (nSPS) is 10.3. The Morgan fingerprint density at radius 1 is 1.32 bits per heavy atom. The Kier molecular flexibility index (Phi) is 7.46. The second kappa shape index (κ2) is 8.59. The molecule has 0 saturated carbocycles. The fourth-order valence-electron chi connectivity index (χ4n) is 1.72. The number of hydrogen-bond donors (Lipinski definition) is 0. The van der Waals surface area contributed by atoms with E-state index < -0.39 is 0 Å². The van der Waals surface area contributed by atoms with Gasteiger partial charge in [-0.15, -0.1) is 0 Å². The molecule has 1 rings (SSSR count). The van der Waals surface area contributed by atoms with Gasteiger partial charge in [0.25, 0.3) is 5.91 Å². The maximum atomic E-state index is 12.3. The smallest absolute Gasteiger partial charge is 0.254 e. The number of rotatable bonds is 7. The van der Waals surface area contributed by atoms with Crippen LogP contribution in [-0.2, 0) is 0 Å². The molecule has 0 spiro atoms. The van der Waals surface area contributed by atoms with Gasteiger partial charge in [-0.1, -0.05) is 22.4 Å². The number of benzene rings is 1. The standard InChI is InChI=1S/C14H19Br2NO2/c1-17(9-5-3-4-8-15)14(18)12-10-11(19-2)6-7-13(12)16/h6-7,10H,3-5,8-9H2,1-2H3. The topological polar surface area (TPSA) is 29.5 Å². The monoisotopic (exact) mass is 391 g/mol. The van der Waals surface area contributed by atoms with Crippen LogP contribution < -0.4 is 4.74 Å². The molecule has 1 aromatic carbocycles. The Morgan fingerprint density at radius 2 is 2.05 bits per heavy atom. The Balaban J connectivity index is 2.65. The summed E-state index contributed by atoms with van der Waals surface area (Å²) in [6.45, 7) is 0.773. The van der Waals surface area contributed by atoms with Gasteiger partial charge in [0.1, 0.15) is 5.75 Å². The summed E-state index contributed by atoms with van der Waals surface area (Å²) in [6.07, 6.45) is 3.29. The average Bonchev–Trinajstić information content (AvgIpc) is 2.43. The van der Waals surface area contributed by atoms with Gasteiger partial charge in [-0.05, 0) is 47.0 Å². The number of hydrogen-bond acceptors (Lipinski definition) is 2. The molecule has 0 aliphatic rings. The molecular formula is C14H19Br2NO2. The first-order valence-electron chi connectivity index (χ1n) is 6.25. The summed E-state index contributed by atoms with van der Waals surface area (Å²) >= 11 is 6.82. The highest BCUT2D eigenvalue weighted by molar-refractivity contribution is 9.10. The predicted octanol–water partition coefficient (Wildman–Crippen LogP) is 4.09. The van der Waals surface area contributed by atoms with Gasteiger partial charge in [0.15, 0.2) is 0 Å². The maximum absolute atomic E-state index is 12.3. The third kappa shape index (κ3) is 5.15. The van der Waals surface area contributed by atoms with Crippen LogP contribution >= 0.6 is 31.9 Å². The number of ether oxygens (including phenoxy) is 1. The number of unbranched alkanes of at least 4 members (excludes halogenated alkanes) is 2. The van der Waals surface area contributed by atoms with Crippen LogP contribution in [-0.4, -0.2) is 36.8 Å². The fraction of sp³-hybridized carbons (Fsp3) is 0.500. The van der Waals surface area contributed by atoms with Crippen molar-refractivity contribution in [2.75, 3.05) is 26.0 Å². The zero-order chi connectivity index (χ0) is 14.3. The molecule has 0 heterocycles. The number of carbonyl (C=O) groups excluding carboxylic acids is 1. The van der Waals surface area contributed by atoms with E-state index in [1.807, 2.05) is 19.2 Å². The Labute approximate surface area is 131 Å². The van der Waals surface area contributed by atoms with E-state index in [0.29, 0.717) is 11.3 Å². The second-order valence-electron chi connectivity index (χ2n) is 4.32. The highest BCUT2D eigenvalue weighted by atomic mass is 79.9. The van der Waals surface area contributed by atoms with Gasteiger partial charge >= 0.3 is 0 Å². The van der Waals surface area contributed by atoms with Gasteiger partial charge in [0, 0.05) is 23.4 Å². The Bertz CT molecular complexity index is 424. The van der Waals surface area contributed by atoms with Crippen LogP contribution in [0.5, 0.6) is 5.75 Å². The van der Waals surface area contributed by atoms with E-state index in [4.69, 9.17) is 4.74 Å². The Hall–Kier alpha value is -0.550. The molecule has 0 radical (unpaired) electrons. The molecule has 19 heavy (non-hydrogen) atoms. The summed E-state index contributed by atoms with van der Waals surface area (Å²) in [7, 11) is 3.43. The number of nitrogens with zero attached hydrogens (tertiary/aromatic N) is 1. The number of amides is 1. The first-order chi connectivity index (χ1) is 9.10. The zero-order valence-corrected chi connectivity index (χ0v) is 14.5. The van der Waals surface area contributed by atoms with Crippen LogP contribution in [0.15, 0.2) is 22.7 Å². The number of halogens is 2. The second-order valence-corrected chi connectivity index (χ2v) is 5.97. The van der Waals surface area contributed by atoms with Crippen LogP contribution in [0.3, 0.4) is 0 Å². The molecule has 0 atom stereocenters. The van der Waals surface area contributed by atoms with E-state index >= 15 is 0 Å². The summed E-state index contributed by atoms with van der Waals surface area (Å²) in [5, 5.41) is 1.02. The van der Waals surface area contributed by atoms with E-state index in [1.165, 1.54) is 0 Å². The minimum atomic E-state index is 0.0182. The van der Waals surface area contributed by atoms with Gasteiger partial charge < -0.3 is 9.64 Å². The van der Waals surface area contributed by atoms with Crippen LogP contribution in [0.4, 0.5) is 0 Å². The van der Waals surface area contributed by atoms with Gasteiger partial charge in [0.05, 0.1) is 12.7 Å². The van der Waals surface area contributed by atoms with Gasteiger partial charge in [-0.3, -0.25) is 4.79 Å². The number of methoxy groups -OCH3 is 1. The third-order valence-electron chi connectivity index (χ3n) is 2.88. The Morgan fingerprint density at radius 3 is 2.68 bits per heavy atom. The van der Waals surface area contributed by atoms with Crippen LogP contribution in [0.2, 0.25) is 0 Å². The molecule has 0 bridgehead atoms. The third-order valence-corrected chi connectivity index (χ3v) is 4.13. The number of carbonyl (C=O) groups is 1. The highest BCUT2D eigenvalue weighted by Gasteiger charge is 2.15. The molecule has 0 aliphatic carbocycles. The molecule has 0 aliphatic heterocycles. The van der Waals surface area contributed by atoms with Gasteiger partial charge in [0.2, 0.25) is 0 Å². The minimum Gasteiger partial charge on any atom is -0.497 e. The van der Waals surface area contributed by atoms with E-state index in [0.717, 1.165) is 35.6 Å². The SMILES string of the molecule is COc1ccc(Br)c(C(=O)N(C)CCCCCBr)c1. The lowest BCUT2D eigenvalue weighted by Gasteiger charge is -2.18. The molecular weight excluding hydrogens is 374 g/mol. The lowest BCUT2D eigenvalue weighted by Crippen LogP contribution is -2.28. The number of alkyl halides is 1. The lowest BCUT2D eigenvalue weighted by molar-refractivity contribution is 0.0791.